The molecule has 2 N–H and O–H groups in total. The van der Waals surface area contributed by atoms with Crippen LogP contribution in [0.15, 0.2) is 22.5 Å². The topological polar surface area (TPSA) is 66.9 Å². The van der Waals surface area contributed by atoms with E-state index in [-0.39, 0.29) is 5.91 Å². The molecule has 5 nitrogen and oxygen atoms in total. The van der Waals surface area contributed by atoms with Crippen molar-refractivity contribution in [3.05, 3.63) is 29.3 Å². The average Bonchev–Trinajstić information content (AvgIpc) is 2.95. The van der Waals surface area contributed by atoms with Crippen molar-refractivity contribution in [1.29, 1.82) is 0 Å². The summed E-state index contributed by atoms with van der Waals surface area (Å²) in [5.74, 6) is 0.293. The van der Waals surface area contributed by atoms with Crippen LogP contribution < -0.4 is 10.6 Å². The molecule has 1 heterocycles. The van der Waals surface area contributed by atoms with Crippen LogP contribution in [-0.4, -0.2) is 28.4 Å². The molecule has 0 bridgehead atoms. The number of hydrogen-bond donors (Lipinski definition) is 2. The fourth-order valence-corrected chi connectivity index (χ4v) is 3.29. The summed E-state index contributed by atoms with van der Waals surface area (Å²) in [6, 6.07) is 5.91. The Hall–Kier alpha value is -1.60. The van der Waals surface area contributed by atoms with E-state index in [0.29, 0.717) is 5.75 Å². The van der Waals surface area contributed by atoms with Gasteiger partial charge in [-0.3, -0.25) is 4.79 Å². The van der Waals surface area contributed by atoms with Crippen LogP contribution in [0.1, 0.15) is 24.5 Å². The van der Waals surface area contributed by atoms with Gasteiger partial charge in [0.15, 0.2) is 4.34 Å². The molecule has 0 atom stereocenters. The van der Waals surface area contributed by atoms with Crippen molar-refractivity contribution in [3.8, 4) is 0 Å². The highest BCUT2D eigenvalue weighted by Gasteiger charge is 2.08. The van der Waals surface area contributed by atoms with E-state index >= 15 is 0 Å². The van der Waals surface area contributed by atoms with Crippen LogP contribution in [0, 0.1) is 13.8 Å². The van der Waals surface area contributed by atoms with Gasteiger partial charge in [-0.05, 0) is 43.5 Å². The first-order valence-corrected chi connectivity index (χ1v) is 8.96. The molecule has 0 radical (unpaired) electrons. The Bertz CT molecular complexity index is 642. The Kier molecular flexibility index (Phi) is 6.21. The molecule has 1 aromatic heterocycles. The highest BCUT2D eigenvalue weighted by Crippen LogP contribution is 2.25. The summed E-state index contributed by atoms with van der Waals surface area (Å²) in [5.41, 5.74) is 3.21. The summed E-state index contributed by atoms with van der Waals surface area (Å²) in [6.07, 6.45) is 1.04. The summed E-state index contributed by atoms with van der Waals surface area (Å²) in [6.45, 7) is 7.07. The minimum atomic E-state index is -0.0356. The van der Waals surface area contributed by atoms with E-state index in [1.165, 1.54) is 34.2 Å². The molecule has 7 heteroatoms. The summed E-state index contributed by atoms with van der Waals surface area (Å²) < 4.78 is 0.800. The van der Waals surface area contributed by atoms with Crippen molar-refractivity contribution in [2.75, 3.05) is 22.9 Å². The Morgan fingerprint density at radius 3 is 2.82 bits per heavy atom. The fourth-order valence-electron chi connectivity index (χ4n) is 1.72. The van der Waals surface area contributed by atoms with Crippen molar-refractivity contribution in [3.63, 3.8) is 0 Å². The number of amides is 1. The van der Waals surface area contributed by atoms with Gasteiger partial charge < -0.3 is 10.6 Å². The number of hydrogen-bond acceptors (Lipinski definition) is 6. The normalized spacial score (nSPS) is 10.5. The van der Waals surface area contributed by atoms with E-state index in [4.69, 9.17) is 0 Å². The first-order chi connectivity index (χ1) is 10.6. The van der Waals surface area contributed by atoms with Crippen LogP contribution in [0.5, 0.6) is 0 Å². The molecule has 1 aromatic carbocycles. The highest BCUT2D eigenvalue weighted by atomic mass is 32.2. The van der Waals surface area contributed by atoms with Gasteiger partial charge in [-0.1, -0.05) is 36.1 Å². The first-order valence-electron chi connectivity index (χ1n) is 7.15. The quantitative estimate of drug-likeness (QED) is 0.755. The highest BCUT2D eigenvalue weighted by molar-refractivity contribution is 8.01. The molecule has 0 saturated heterocycles. The third kappa shape index (κ3) is 4.99. The van der Waals surface area contributed by atoms with Gasteiger partial charge in [0.05, 0.1) is 5.75 Å². The van der Waals surface area contributed by atoms with Crippen molar-refractivity contribution >= 4 is 39.8 Å². The van der Waals surface area contributed by atoms with Crippen molar-refractivity contribution in [2.45, 2.75) is 31.5 Å². The van der Waals surface area contributed by atoms with Crippen LogP contribution in [0.4, 0.5) is 10.8 Å². The number of nitrogens with zero attached hydrogens (tertiary/aromatic N) is 2. The third-order valence-corrected chi connectivity index (χ3v) is 5.06. The van der Waals surface area contributed by atoms with Crippen molar-refractivity contribution in [1.82, 2.24) is 10.2 Å². The van der Waals surface area contributed by atoms with Gasteiger partial charge in [0, 0.05) is 12.2 Å². The Morgan fingerprint density at radius 2 is 2.09 bits per heavy atom. The van der Waals surface area contributed by atoms with Crippen LogP contribution in [0.25, 0.3) is 0 Å². The Labute approximate surface area is 138 Å². The second-order valence-corrected chi connectivity index (χ2v) is 7.14. The lowest BCUT2D eigenvalue weighted by Crippen LogP contribution is -2.14. The average molecular weight is 336 g/mol. The second-order valence-electron chi connectivity index (χ2n) is 4.94. The number of aromatic nitrogens is 2. The molecular formula is C15H20N4OS2. The Balaban J connectivity index is 1.82. The summed E-state index contributed by atoms with van der Waals surface area (Å²) >= 11 is 2.88. The first kappa shape index (κ1) is 16.8. The molecule has 0 aliphatic heterocycles. The van der Waals surface area contributed by atoms with Gasteiger partial charge in [0.2, 0.25) is 11.0 Å². The second kappa shape index (κ2) is 8.14. The van der Waals surface area contributed by atoms with Gasteiger partial charge in [0.1, 0.15) is 0 Å². The van der Waals surface area contributed by atoms with Gasteiger partial charge in [0.25, 0.3) is 0 Å². The molecule has 118 valence electrons. The van der Waals surface area contributed by atoms with Gasteiger partial charge in [-0.2, -0.15) is 0 Å². The lowest BCUT2D eigenvalue weighted by Gasteiger charge is -2.06. The zero-order valence-electron chi connectivity index (χ0n) is 13.0. The van der Waals surface area contributed by atoms with Crippen LogP contribution in [-0.2, 0) is 4.79 Å². The molecule has 0 spiro atoms. The monoisotopic (exact) mass is 336 g/mol. The maximum absolute atomic E-state index is 12.0. The summed E-state index contributed by atoms with van der Waals surface area (Å²) in [5, 5.41) is 15.0. The van der Waals surface area contributed by atoms with E-state index in [0.717, 1.165) is 28.1 Å². The Morgan fingerprint density at radius 1 is 1.27 bits per heavy atom. The van der Waals surface area contributed by atoms with E-state index in [1.54, 1.807) is 0 Å². The largest absolute Gasteiger partial charge is 0.360 e. The van der Waals surface area contributed by atoms with E-state index in [9.17, 15) is 4.79 Å². The summed E-state index contributed by atoms with van der Waals surface area (Å²) in [7, 11) is 0. The number of nitrogens with one attached hydrogen (secondary N) is 2. The number of carbonyl (C=O) groups excluding carboxylic acids is 1. The molecule has 2 rings (SSSR count). The standard InChI is InChI=1S/C15H20N4OS2/c1-4-7-16-14-18-19-15(22-14)21-9-13(20)17-12-6-5-10(2)11(3)8-12/h5-6,8H,4,7,9H2,1-3H3,(H,16,18)(H,17,20). The van der Waals surface area contributed by atoms with Crippen LogP contribution in [0.3, 0.4) is 0 Å². The lowest BCUT2D eigenvalue weighted by atomic mass is 10.1. The zero-order valence-corrected chi connectivity index (χ0v) is 14.6. The van der Waals surface area contributed by atoms with E-state index in [1.807, 2.05) is 25.1 Å². The van der Waals surface area contributed by atoms with Gasteiger partial charge >= 0.3 is 0 Å². The number of rotatable bonds is 7. The van der Waals surface area contributed by atoms with Crippen molar-refractivity contribution in [2.24, 2.45) is 0 Å². The number of carbonyl (C=O) groups is 1. The molecule has 22 heavy (non-hydrogen) atoms. The van der Waals surface area contributed by atoms with Crippen molar-refractivity contribution < 1.29 is 4.79 Å². The molecule has 0 fully saturated rings. The number of thioether (sulfide) groups is 1. The molecule has 0 unspecified atom stereocenters. The van der Waals surface area contributed by atoms with Gasteiger partial charge in [-0.25, -0.2) is 0 Å². The molecule has 0 saturated carbocycles. The lowest BCUT2D eigenvalue weighted by molar-refractivity contribution is -0.113. The van der Waals surface area contributed by atoms with E-state index < -0.39 is 0 Å². The predicted octanol–water partition coefficient (Wildman–Crippen LogP) is 3.71. The fraction of sp³-hybridized carbons (Fsp3) is 0.400. The minimum Gasteiger partial charge on any atom is -0.360 e. The number of benzene rings is 1. The SMILES string of the molecule is CCCNc1nnc(SCC(=O)Nc2ccc(C)c(C)c2)s1. The third-order valence-electron chi connectivity index (χ3n) is 3.05. The molecule has 0 aliphatic carbocycles. The van der Waals surface area contributed by atoms with Crippen LogP contribution >= 0.6 is 23.1 Å². The number of anilines is 2. The molecular weight excluding hydrogens is 316 g/mol. The zero-order chi connectivity index (χ0) is 15.9. The minimum absolute atomic E-state index is 0.0356. The predicted molar refractivity (Wildman–Crippen MR) is 94.0 cm³/mol. The molecule has 1 amide bonds. The maximum atomic E-state index is 12.0. The summed E-state index contributed by atoms with van der Waals surface area (Å²) in [4.78, 5) is 12.0. The van der Waals surface area contributed by atoms with Gasteiger partial charge in [-0.15, -0.1) is 10.2 Å². The smallest absolute Gasteiger partial charge is 0.234 e. The molecule has 0 aliphatic rings. The van der Waals surface area contributed by atoms with E-state index in [2.05, 4.69) is 34.7 Å². The maximum Gasteiger partial charge on any atom is 0.234 e. The van der Waals surface area contributed by atoms with Crippen LogP contribution in [0.2, 0.25) is 0 Å². The molecule has 2 aromatic rings. The number of aryl methyl sites for hydroxylation is 2.